The number of nitrogens with one attached hydrogen (secondary N) is 1. The standard InChI is InChI=1S/C13H16FNO4/c1-8(2-5-12(17)18)7-15-13(19)10-4-3-9(14)6-11(10)16/h3-4,6,8,16H,2,5,7H2,1H3,(H,15,19)(H,17,18). The fourth-order valence-corrected chi connectivity index (χ4v) is 1.53. The number of phenolic OH excluding ortho intramolecular Hbond substituents is 1. The number of halogens is 1. The number of carboxylic acids is 1. The lowest BCUT2D eigenvalue weighted by molar-refractivity contribution is -0.137. The van der Waals surface area contributed by atoms with Gasteiger partial charge in [0, 0.05) is 19.0 Å². The van der Waals surface area contributed by atoms with Crippen LogP contribution in [0.2, 0.25) is 0 Å². The predicted octanol–water partition coefficient (Wildman–Crippen LogP) is 1.76. The van der Waals surface area contributed by atoms with E-state index in [-0.39, 0.29) is 17.9 Å². The second-order valence-electron chi connectivity index (χ2n) is 4.41. The van der Waals surface area contributed by atoms with Crippen LogP contribution in [0.5, 0.6) is 5.75 Å². The van der Waals surface area contributed by atoms with Crippen LogP contribution in [-0.2, 0) is 4.79 Å². The molecule has 0 bridgehead atoms. The Labute approximate surface area is 110 Å². The van der Waals surface area contributed by atoms with Crippen molar-refractivity contribution in [3.63, 3.8) is 0 Å². The molecule has 0 radical (unpaired) electrons. The summed E-state index contributed by atoms with van der Waals surface area (Å²) in [5.41, 5.74) is -0.00756. The Bertz CT molecular complexity index is 476. The summed E-state index contributed by atoms with van der Waals surface area (Å²) in [6.07, 6.45) is 0.490. The van der Waals surface area contributed by atoms with Gasteiger partial charge >= 0.3 is 5.97 Å². The quantitative estimate of drug-likeness (QED) is 0.734. The summed E-state index contributed by atoms with van der Waals surface area (Å²) in [5.74, 6) is -2.43. The van der Waals surface area contributed by atoms with Gasteiger partial charge in [0.05, 0.1) is 5.56 Å². The first-order chi connectivity index (χ1) is 8.90. The van der Waals surface area contributed by atoms with E-state index in [2.05, 4.69) is 5.32 Å². The molecule has 19 heavy (non-hydrogen) atoms. The molecule has 1 amide bonds. The summed E-state index contributed by atoms with van der Waals surface area (Å²) in [6, 6.07) is 3.15. The highest BCUT2D eigenvalue weighted by Crippen LogP contribution is 2.17. The first-order valence-electron chi connectivity index (χ1n) is 5.88. The number of carboxylic acid groups (broad SMARTS) is 1. The Hall–Kier alpha value is -2.11. The van der Waals surface area contributed by atoms with Gasteiger partial charge in [0.2, 0.25) is 0 Å². The lowest BCUT2D eigenvalue weighted by Gasteiger charge is -2.12. The van der Waals surface area contributed by atoms with Crippen molar-refractivity contribution in [3.05, 3.63) is 29.6 Å². The summed E-state index contributed by atoms with van der Waals surface area (Å²) in [6.45, 7) is 2.11. The SMILES string of the molecule is CC(CCC(=O)O)CNC(=O)c1ccc(F)cc1O. The van der Waals surface area contributed by atoms with Gasteiger partial charge in [-0.2, -0.15) is 0 Å². The minimum atomic E-state index is -0.880. The average molecular weight is 269 g/mol. The van der Waals surface area contributed by atoms with Gasteiger partial charge in [0.1, 0.15) is 11.6 Å². The molecule has 3 N–H and O–H groups in total. The number of aromatic hydroxyl groups is 1. The molecule has 5 nitrogen and oxygen atoms in total. The molecule has 104 valence electrons. The van der Waals surface area contributed by atoms with Gasteiger partial charge in [-0.25, -0.2) is 4.39 Å². The van der Waals surface area contributed by atoms with Crippen LogP contribution in [0.1, 0.15) is 30.1 Å². The molecule has 0 saturated carbocycles. The van der Waals surface area contributed by atoms with E-state index in [1.165, 1.54) is 6.07 Å². The van der Waals surface area contributed by atoms with E-state index in [1.807, 2.05) is 6.92 Å². The monoisotopic (exact) mass is 269 g/mol. The van der Waals surface area contributed by atoms with Crippen LogP contribution in [0, 0.1) is 11.7 Å². The number of rotatable bonds is 6. The summed E-state index contributed by atoms with van der Waals surface area (Å²) >= 11 is 0. The molecular weight excluding hydrogens is 253 g/mol. The molecule has 0 aromatic heterocycles. The third kappa shape index (κ3) is 4.95. The molecule has 0 fully saturated rings. The molecule has 1 atom stereocenters. The Morgan fingerprint density at radius 2 is 2.11 bits per heavy atom. The summed E-state index contributed by atoms with van der Waals surface area (Å²) in [4.78, 5) is 22.1. The number of benzene rings is 1. The van der Waals surface area contributed by atoms with Crippen molar-refractivity contribution < 1.29 is 24.2 Å². The molecule has 0 aliphatic heterocycles. The molecule has 1 unspecified atom stereocenters. The third-order valence-corrected chi connectivity index (χ3v) is 2.67. The second-order valence-corrected chi connectivity index (χ2v) is 4.41. The summed E-state index contributed by atoms with van der Waals surface area (Å²) in [7, 11) is 0. The number of aliphatic carboxylic acids is 1. The van der Waals surface area contributed by atoms with Gasteiger partial charge in [0.15, 0.2) is 0 Å². The minimum absolute atomic E-state index is 0.00245. The molecule has 0 heterocycles. The fraction of sp³-hybridized carbons (Fsp3) is 0.385. The zero-order chi connectivity index (χ0) is 14.4. The topological polar surface area (TPSA) is 86.6 Å². The average Bonchev–Trinajstić information content (AvgIpc) is 2.33. The maximum absolute atomic E-state index is 12.8. The van der Waals surface area contributed by atoms with Crippen LogP contribution in [0.4, 0.5) is 4.39 Å². The molecule has 1 rings (SSSR count). The highest BCUT2D eigenvalue weighted by molar-refractivity contribution is 5.96. The van der Waals surface area contributed by atoms with Gasteiger partial charge in [-0.05, 0) is 24.5 Å². The van der Waals surface area contributed by atoms with Crippen molar-refractivity contribution in [2.24, 2.45) is 5.92 Å². The first-order valence-corrected chi connectivity index (χ1v) is 5.88. The van der Waals surface area contributed by atoms with Crippen LogP contribution in [0.25, 0.3) is 0 Å². The van der Waals surface area contributed by atoms with E-state index in [1.54, 1.807) is 0 Å². The maximum Gasteiger partial charge on any atom is 0.303 e. The number of carbonyl (C=O) groups excluding carboxylic acids is 1. The number of amides is 1. The third-order valence-electron chi connectivity index (χ3n) is 2.67. The van der Waals surface area contributed by atoms with Crippen molar-refractivity contribution in [3.8, 4) is 5.75 Å². The molecule has 0 saturated heterocycles. The van der Waals surface area contributed by atoms with Gasteiger partial charge in [0.25, 0.3) is 5.91 Å². The normalized spacial score (nSPS) is 11.9. The van der Waals surface area contributed by atoms with Crippen molar-refractivity contribution in [2.45, 2.75) is 19.8 Å². The van der Waals surface area contributed by atoms with E-state index in [4.69, 9.17) is 5.11 Å². The van der Waals surface area contributed by atoms with Gasteiger partial charge in [-0.15, -0.1) is 0 Å². The lowest BCUT2D eigenvalue weighted by atomic mass is 10.1. The van der Waals surface area contributed by atoms with Crippen LogP contribution in [-0.4, -0.2) is 28.6 Å². The highest BCUT2D eigenvalue weighted by Gasteiger charge is 2.13. The van der Waals surface area contributed by atoms with Gasteiger partial charge in [-0.3, -0.25) is 9.59 Å². The highest BCUT2D eigenvalue weighted by atomic mass is 19.1. The largest absolute Gasteiger partial charge is 0.507 e. The molecule has 1 aromatic rings. The Kier molecular flexibility index (Phi) is 5.29. The second kappa shape index (κ2) is 6.72. The van der Waals surface area contributed by atoms with Crippen LogP contribution < -0.4 is 5.32 Å². The van der Waals surface area contributed by atoms with E-state index >= 15 is 0 Å². The molecule has 0 aliphatic rings. The van der Waals surface area contributed by atoms with E-state index in [0.29, 0.717) is 13.0 Å². The predicted molar refractivity (Wildman–Crippen MR) is 66.4 cm³/mol. The van der Waals surface area contributed by atoms with Crippen LogP contribution >= 0.6 is 0 Å². The zero-order valence-corrected chi connectivity index (χ0v) is 10.5. The van der Waals surface area contributed by atoms with E-state index in [9.17, 15) is 19.1 Å². The number of hydrogen-bond acceptors (Lipinski definition) is 3. The first kappa shape index (κ1) is 14.9. The van der Waals surface area contributed by atoms with E-state index in [0.717, 1.165) is 12.1 Å². The Morgan fingerprint density at radius 3 is 2.68 bits per heavy atom. The van der Waals surface area contributed by atoms with E-state index < -0.39 is 23.4 Å². The summed E-state index contributed by atoms with van der Waals surface area (Å²) < 4.78 is 12.8. The lowest BCUT2D eigenvalue weighted by Crippen LogP contribution is -2.28. The van der Waals surface area contributed by atoms with Crippen molar-refractivity contribution in [2.75, 3.05) is 6.54 Å². The molecule has 1 aromatic carbocycles. The number of hydrogen-bond donors (Lipinski definition) is 3. The number of phenols is 1. The maximum atomic E-state index is 12.8. The van der Waals surface area contributed by atoms with Crippen molar-refractivity contribution >= 4 is 11.9 Å². The van der Waals surface area contributed by atoms with Crippen molar-refractivity contribution in [1.29, 1.82) is 0 Å². The molecule has 6 heteroatoms. The van der Waals surface area contributed by atoms with Gasteiger partial charge < -0.3 is 15.5 Å². The van der Waals surface area contributed by atoms with Gasteiger partial charge in [-0.1, -0.05) is 6.92 Å². The molecule has 0 spiro atoms. The fourth-order valence-electron chi connectivity index (χ4n) is 1.53. The summed E-state index contributed by atoms with van der Waals surface area (Å²) in [5, 5.41) is 20.5. The Morgan fingerprint density at radius 1 is 1.42 bits per heavy atom. The minimum Gasteiger partial charge on any atom is -0.507 e. The number of carbonyl (C=O) groups is 2. The molecular formula is C13H16FNO4. The molecule has 0 aliphatic carbocycles. The van der Waals surface area contributed by atoms with Crippen LogP contribution in [0.3, 0.4) is 0 Å². The smallest absolute Gasteiger partial charge is 0.303 e. The zero-order valence-electron chi connectivity index (χ0n) is 10.5. The van der Waals surface area contributed by atoms with Crippen molar-refractivity contribution in [1.82, 2.24) is 5.32 Å². The Balaban J connectivity index is 2.49. The van der Waals surface area contributed by atoms with Crippen LogP contribution in [0.15, 0.2) is 18.2 Å².